The molecule has 11 nitrogen and oxygen atoms in total. The highest BCUT2D eigenvalue weighted by Crippen LogP contribution is 2.53. The van der Waals surface area contributed by atoms with Crippen LogP contribution in [0.1, 0.15) is 54.9 Å². The molecule has 200 valence electrons. The molecule has 0 spiro atoms. The number of cyclic esters (lactones) is 4. The van der Waals surface area contributed by atoms with Crippen LogP contribution < -0.4 is 0 Å². The molecular formula is C26H30O11. The molecular weight excluding hydrogens is 488 g/mol. The van der Waals surface area contributed by atoms with Crippen molar-refractivity contribution in [3.05, 3.63) is 11.1 Å². The van der Waals surface area contributed by atoms with Crippen LogP contribution in [0, 0.1) is 28.6 Å². The summed E-state index contributed by atoms with van der Waals surface area (Å²) in [4.78, 5) is 90.6. The second-order valence-corrected chi connectivity index (χ2v) is 11.1. The number of carbonyl (C=O) groups excluding carboxylic acids is 7. The summed E-state index contributed by atoms with van der Waals surface area (Å²) in [6.45, 7) is 10.3. The Kier molecular flexibility index (Phi) is 6.20. The third-order valence-corrected chi connectivity index (χ3v) is 8.20. The van der Waals surface area contributed by atoms with Crippen molar-refractivity contribution in [3.8, 4) is 0 Å². The van der Waals surface area contributed by atoms with E-state index >= 15 is 0 Å². The quantitative estimate of drug-likeness (QED) is 0.281. The predicted molar refractivity (Wildman–Crippen MR) is 121 cm³/mol. The zero-order chi connectivity index (χ0) is 27.8. The van der Waals surface area contributed by atoms with Gasteiger partial charge in [0.25, 0.3) is 0 Å². The number of carbonyl (C=O) groups is 7. The second kappa shape index (κ2) is 8.59. The number of hydrogen-bond acceptors (Lipinski definition) is 11. The highest BCUT2D eigenvalue weighted by molar-refractivity contribution is 6.12. The van der Waals surface area contributed by atoms with Crippen molar-refractivity contribution in [3.63, 3.8) is 0 Å². The Balaban J connectivity index is 1.89. The van der Waals surface area contributed by atoms with Crippen molar-refractivity contribution in [2.75, 3.05) is 0 Å². The maximum Gasteiger partial charge on any atom is 0.335 e. The van der Waals surface area contributed by atoms with Crippen LogP contribution in [0.25, 0.3) is 0 Å². The molecule has 4 rings (SSSR count). The topological polar surface area (TPSA) is 156 Å². The second-order valence-electron chi connectivity index (χ2n) is 11.1. The van der Waals surface area contributed by atoms with Crippen LogP contribution >= 0.6 is 0 Å². The molecule has 0 aromatic carbocycles. The predicted octanol–water partition coefficient (Wildman–Crippen LogP) is 1.04. The fraction of sp³-hybridized carbons (Fsp3) is 0.654. The van der Waals surface area contributed by atoms with Crippen LogP contribution in [-0.4, -0.2) is 65.6 Å². The molecule has 0 aromatic heterocycles. The molecule has 3 saturated heterocycles. The van der Waals surface area contributed by atoms with Crippen molar-refractivity contribution in [2.24, 2.45) is 28.6 Å². The number of hydrogen-bond donors (Lipinski definition) is 0. The van der Waals surface area contributed by atoms with E-state index in [1.807, 2.05) is 0 Å². The summed E-state index contributed by atoms with van der Waals surface area (Å²) in [5.74, 6) is -9.32. The average Bonchev–Trinajstić information content (AvgIpc) is 3.39. The van der Waals surface area contributed by atoms with E-state index in [4.69, 9.17) is 18.9 Å². The smallest absolute Gasteiger partial charge is 0.335 e. The van der Waals surface area contributed by atoms with Crippen molar-refractivity contribution in [1.29, 1.82) is 0 Å². The average molecular weight is 519 g/mol. The van der Waals surface area contributed by atoms with E-state index in [0.29, 0.717) is 0 Å². The van der Waals surface area contributed by atoms with E-state index in [-0.39, 0.29) is 17.6 Å². The van der Waals surface area contributed by atoms with Crippen LogP contribution in [0.3, 0.4) is 0 Å². The normalized spacial score (nSPS) is 36.1. The minimum atomic E-state index is -1.68. The van der Waals surface area contributed by atoms with Gasteiger partial charge in [-0.1, -0.05) is 20.8 Å². The molecule has 0 radical (unpaired) electrons. The molecule has 4 aliphatic rings. The summed E-state index contributed by atoms with van der Waals surface area (Å²) in [5.41, 5.74) is -2.78. The van der Waals surface area contributed by atoms with Gasteiger partial charge in [-0.25, -0.2) is 4.79 Å². The number of ether oxygens (including phenoxy) is 4. The third kappa shape index (κ3) is 3.81. The number of rotatable bonds is 6. The van der Waals surface area contributed by atoms with E-state index < -0.39 is 94.2 Å². The third-order valence-electron chi connectivity index (χ3n) is 8.20. The fourth-order valence-electron chi connectivity index (χ4n) is 6.25. The largest absolute Gasteiger partial charge is 0.455 e. The fourth-order valence-corrected chi connectivity index (χ4v) is 6.25. The lowest BCUT2D eigenvalue weighted by Gasteiger charge is -2.37. The molecule has 37 heavy (non-hydrogen) atoms. The lowest BCUT2D eigenvalue weighted by Crippen LogP contribution is -2.47. The number of Topliss-reactive ketones (excluding diaryl/α,β-unsaturated/α-hetero) is 3. The van der Waals surface area contributed by atoms with Gasteiger partial charge in [0.15, 0.2) is 35.7 Å². The number of esters is 4. The maximum absolute atomic E-state index is 13.1. The van der Waals surface area contributed by atoms with E-state index in [1.165, 1.54) is 41.5 Å². The number of ketones is 3. The Hall–Kier alpha value is -3.37. The molecule has 11 heteroatoms. The van der Waals surface area contributed by atoms with Gasteiger partial charge < -0.3 is 18.9 Å². The van der Waals surface area contributed by atoms with Gasteiger partial charge in [0, 0.05) is 16.4 Å². The van der Waals surface area contributed by atoms with Gasteiger partial charge in [-0.2, -0.15) is 0 Å². The highest BCUT2D eigenvalue weighted by atomic mass is 16.6. The van der Waals surface area contributed by atoms with Crippen molar-refractivity contribution in [1.82, 2.24) is 0 Å². The molecule has 0 aliphatic carbocycles. The Labute approximate surface area is 213 Å². The van der Waals surface area contributed by atoms with E-state index in [9.17, 15) is 33.6 Å². The van der Waals surface area contributed by atoms with Crippen LogP contribution in [0.15, 0.2) is 11.1 Å². The molecule has 0 bridgehead atoms. The minimum Gasteiger partial charge on any atom is -0.455 e. The van der Waals surface area contributed by atoms with Crippen molar-refractivity contribution < 1.29 is 52.5 Å². The summed E-state index contributed by atoms with van der Waals surface area (Å²) < 4.78 is 20.9. The zero-order valence-corrected chi connectivity index (χ0v) is 21.7. The molecule has 0 amide bonds. The summed E-state index contributed by atoms with van der Waals surface area (Å²) >= 11 is 0. The van der Waals surface area contributed by atoms with Gasteiger partial charge in [0.1, 0.15) is 23.9 Å². The Morgan fingerprint density at radius 1 is 0.568 bits per heavy atom. The molecule has 8 atom stereocenters. The van der Waals surface area contributed by atoms with E-state index in [2.05, 4.69) is 0 Å². The molecule has 4 aliphatic heterocycles. The monoisotopic (exact) mass is 518 g/mol. The van der Waals surface area contributed by atoms with Crippen LogP contribution in [0.5, 0.6) is 0 Å². The Morgan fingerprint density at radius 3 is 1.30 bits per heavy atom. The van der Waals surface area contributed by atoms with Crippen LogP contribution in [-0.2, 0) is 52.5 Å². The first-order valence-corrected chi connectivity index (χ1v) is 12.2. The van der Waals surface area contributed by atoms with Crippen LogP contribution in [0.2, 0.25) is 0 Å². The molecule has 4 heterocycles. The first-order chi connectivity index (χ1) is 17.0. The molecule has 1 unspecified atom stereocenters. The van der Waals surface area contributed by atoms with Crippen molar-refractivity contribution >= 4 is 41.2 Å². The van der Waals surface area contributed by atoms with Gasteiger partial charge in [-0.15, -0.1) is 0 Å². The van der Waals surface area contributed by atoms with Crippen LogP contribution in [0.4, 0.5) is 0 Å². The zero-order valence-electron chi connectivity index (χ0n) is 21.7. The summed E-state index contributed by atoms with van der Waals surface area (Å²) in [6, 6.07) is 0. The molecule has 0 saturated carbocycles. The highest BCUT2D eigenvalue weighted by Gasteiger charge is 2.63. The van der Waals surface area contributed by atoms with Gasteiger partial charge in [0.2, 0.25) is 0 Å². The van der Waals surface area contributed by atoms with Gasteiger partial charge in [-0.3, -0.25) is 28.8 Å². The lowest BCUT2D eigenvalue weighted by molar-refractivity contribution is -0.154. The Morgan fingerprint density at radius 2 is 0.946 bits per heavy atom. The summed E-state index contributed by atoms with van der Waals surface area (Å²) in [5, 5.41) is 0. The van der Waals surface area contributed by atoms with E-state index in [1.54, 1.807) is 6.92 Å². The van der Waals surface area contributed by atoms with Crippen molar-refractivity contribution in [2.45, 2.75) is 79.3 Å². The van der Waals surface area contributed by atoms with E-state index in [0.717, 1.165) is 0 Å². The summed E-state index contributed by atoms with van der Waals surface area (Å²) in [6.07, 6.45) is -4.32. The minimum absolute atomic E-state index is 0.00866. The molecule has 0 N–H and O–H groups in total. The SMILES string of the molecule is C[C@H]1OC(=O)[C@@H](C(C)(C)C2=C(CC(C)([C@@H]3C(=O)O[C@H](C)C3=O)[C@H]3C(=O)O[C@H](C)C3=O)[C@@H](C)OC2=O)C1=O. The first-order valence-electron chi connectivity index (χ1n) is 12.2. The lowest BCUT2D eigenvalue weighted by atomic mass is 9.60. The standard InChI is InChI=1S/C26H30O11/c1-9-13(14(21(30)34-9)25(5,6)15-18(27)10(2)35-22(15)31)8-26(7,16-19(28)11(3)36-23(16)32)17-20(29)12(4)37-24(17)33/h9-12,15-17H,8H2,1-7H3/t9-,10-,11-,12-,15+,16-,17+,26?/m1/s1. The van der Waals surface area contributed by atoms with Gasteiger partial charge in [0.05, 0.1) is 0 Å². The first kappa shape index (κ1) is 26.7. The molecule has 3 fully saturated rings. The molecule has 0 aromatic rings. The maximum atomic E-state index is 13.1. The van der Waals surface area contributed by atoms with Gasteiger partial charge >= 0.3 is 23.9 Å². The van der Waals surface area contributed by atoms with Gasteiger partial charge in [-0.05, 0) is 39.7 Å². The summed E-state index contributed by atoms with van der Waals surface area (Å²) in [7, 11) is 0. The Bertz CT molecular complexity index is 1130.